The molecule has 0 radical (unpaired) electrons. The molecule has 2 fully saturated rings. The number of nitrogens with one attached hydrogen (secondary N) is 2. The Balaban J connectivity index is 1.16. The molecule has 10 heteroatoms. The fraction of sp³-hybridized carbons (Fsp3) is 0.458. The van der Waals surface area contributed by atoms with Crippen molar-refractivity contribution < 1.29 is 17.9 Å². The first-order valence-corrected chi connectivity index (χ1v) is 13.3. The molecule has 5 rings (SSSR count). The number of fused-ring (bicyclic) bond motifs is 1. The van der Waals surface area contributed by atoms with Gasteiger partial charge in [0.15, 0.2) is 15.5 Å². The van der Waals surface area contributed by atoms with E-state index in [1.165, 1.54) is 6.20 Å². The smallest absolute Gasteiger partial charge is 0.253 e. The summed E-state index contributed by atoms with van der Waals surface area (Å²) in [6.45, 7) is 3.53. The highest BCUT2D eigenvalue weighted by Crippen LogP contribution is 2.27. The van der Waals surface area contributed by atoms with Gasteiger partial charge in [0.2, 0.25) is 0 Å². The van der Waals surface area contributed by atoms with Crippen molar-refractivity contribution in [3.05, 3.63) is 53.9 Å². The summed E-state index contributed by atoms with van der Waals surface area (Å²) in [5, 5.41) is 9.93. The number of ether oxygens (including phenoxy) is 1. The summed E-state index contributed by atoms with van der Waals surface area (Å²) in [5.41, 5.74) is 1.90. The number of benzene rings is 1. The van der Waals surface area contributed by atoms with Crippen molar-refractivity contribution in [2.45, 2.75) is 48.4 Å². The van der Waals surface area contributed by atoms with Gasteiger partial charge in [0.1, 0.15) is 0 Å². The molecule has 0 bridgehead atoms. The number of H-pyrrole nitrogens is 1. The average Bonchev–Trinajstić information content (AvgIpc) is 3.36. The number of sulfone groups is 1. The molecule has 0 spiro atoms. The van der Waals surface area contributed by atoms with Crippen LogP contribution in [0, 0.1) is 0 Å². The van der Waals surface area contributed by atoms with E-state index in [0.29, 0.717) is 41.5 Å². The van der Waals surface area contributed by atoms with Gasteiger partial charge < -0.3 is 15.0 Å². The van der Waals surface area contributed by atoms with E-state index in [-0.39, 0.29) is 11.2 Å². The third-order valence-corrected chi connectivity index (χ3v) is 9.16. The Hall–Kier alpha value is -2.82. The number of piperidine rings is 1. The first kappa shape index (κ1) is 22.9. The number of aromatic nitrogens is 3. The van der Waals surface area contributed by atoms with E-state index < -0.39 is 9.84 Å². The molecule has 0 unspecified atom stereocenters. The lowest BCUT2D eigenvalue weighted by atomic mass is 10.0. The van der Waals surface area contributed by atoms with Gasteiger partial charge in [-0.3, -0.25) is 9.89 Å². The van der Waals surface area contributed by atoms with Crippen LogP contribution in [-0.2, 0) is 21.1 Å². The predicted octanol–water partition coefficient (Wildman–Crippen LogP) is 2.30. The third kappa shape index (κ3) is 4.84. The van der Waals surface area contributed by atoms with E-state index in [4.69, 9.17) is 4.74 Å². The van der Waals surface area contributed by atoms with Crippen molar-refractivity contribution in [2.24, 2.45) is 0 Å². The number of carbonyl (C=O) groups is 1. The maximum Gasteiger partial charge on any atom is 0.253 e. The maximum absolute atomic E-state index is 13.2. The molecular formula is C24H29N5O4S. The molecule has 1 amide bonds. The van der Waals surface area contributed by atoms with Crippen LogP contribution >= 0.6 is 0 Å². The van der Waals surface area contributed by atoms with E-state index in [0.717, 1.165) is 50.1 Å². The summed E-state index contributed by atoms with van der Waals surface area (Å²) in [6.07, 6.45) is 6.50. The molecule has 2 N–H and O–H groups in total. The predicted molar refractivity (Wildman–Crippen MR) is 127 cm³/mol. The summed E-state index contributed by atoms with van der Waals surface area (Å²) in [7, 11) is -3.38. The summed E-state index contributed by atoms with van der Waals surface area (Å²) in [5.74, 6) is -0.247. The summed E-state index contributed by atoms with van der Waals surface area (Å²) in [6, 6.07) is 9.08. The first-order chi connectivity index (χ1) is 16.5. The van der Waals surface area contributed by atoms with Crippen LogP contribution in [0.15, 0.2) is 47.6 Å². The zero-order valence-electron chi connectivity index (χ0n) is 18.9. The SMILES string of the molecule is O=C(NCc1ccc(S(=O)(=O)C2CCN(C3CCOCC3)CC2)cc1)c1cnc2[nH]ncc2c1. The van der Waals surface area contributed by atoms with E-state index >= 15 is 0 Å². The Morgan fingerprint density at radius 2 is 1.82 bits per heavy atom. The maximum atomic E-state index is 13.2. The van der Waals surface area contributed by atoms with Crippen molar-refractivity contribution in [2.75, 3.05) is 26.3 Å². The highest BCUT2D eigenvalue weighted by Gasteiger charge is 2.33. The van der Waals surface area contributed by atoms with Crippen molar-refractivity contribution in [1.82, 2.24) is 25.4 Å². The lowest BCUT2D eigenvalue weighted by molar-refractivity contribution is 0.0277. The van der Waals surface area contributed by atoms with Crippen LogP contribution in [0.3, 0.4) is 0 Å². The minimum Gasteiger partial charge on any atom is -0.381 e. The van der Waals surface area contributed by atoms with Crippen molar-refractivity contribution >= 4 is 26.8 Å². The minimum absolute atomic E-state index is 0.247. The second kappa shape index (κ2) is 9.81. The molecule has 9 nitrogen and oxygen atoms in total. The largest absolute Gasteiger partial charge is 0.381 e. The Bertz CT molecular complexity index is 1240. The summed E-state index contributed by atoms with van der Waals surface area (Å²) < 4.78 is 31.8. The number of carbonyl (C=O) groups excluding carboxylic acids is 1. The van der Waals surface area contributed by atoms with Crippen LogP contribution in [0.1, 0.15) is 41.6 Å². The molecule has 180 valence electrons. The zero-order valence-corrected chi connectivity index (χ0v) is 19.8. The Kier molecular flexibility index (Phi) is 6.62. The molecule has 0 atom stereocenters. The molecule has 34 heavy (non-hydrogen) atoms. The van der Waals surface area contributed by atoms with Crippen LogP contribution in [0.5, 0.6) is 0 Å². The van der Waals surface area contributed by atoms with E-state index in [1.54, 1.807) is 36.5 Å². The van der Waals surface area contributed by atoms with Crippen LogP contribution < -0.4 is 5.32 Å². The van der Waals surface area contributed by atoms with Gasteiger partial charge in [-0.05, 0) is 62.5 Å². The molecular weight excluding hydrogens is 454 g/mol. The Morgan fingerprint density at radius 3 is 2.56 bits per heavy atom. The van der Waals surface area contributed by atoms with Gasteiger partial charge in [-0.15, -0.1) is 0 Å². The Labute approximate surface area is 198 Å². The van der Waals surface area contributed by atoms with Crippen molar-refractivity contribution in [3.8, 4) is 0 Å². The fourth-order valence-electron chi connectivity index (χ4n) is 4.84. The van der Waals surface area contributed by atoms with Crippen LogP contribution in [0.4, 0.5) is 0 Å². The number of hydrogen-bond donors (Lipinski definition) is 2. The number of amides is 1. The minimum atomic E-state index is -3.38. The monoisotopic (exact) mass is 483 g/mol. The number of nitrogens with zero attached hydrogens (tertiary/aromatic N) is 3. The molecule has 4 heterocycles. The standard InChI is InChI=1S/C24H29N5O4S/c30-24(19-13-18-16-27-28-23(18)25-15-19)26-14-17-1-3-21(4-2-17)34(31,32)22-5-9-29(10-6-22)20-7-11-33-12-8-20/h1-4,13,15-16,20,22H,5-12,14H2,(H,26,30)(H,25,27,28). The highest BCUT2D eigenvalue weighted by atomic mass is 32.2. The van der Waals surface area contributed by atoms with Crippen LogP contribution in [-0.4, -0.2) is 72.0 Å². The van der Waals surface area contributed by atoms with E-state index in [2.05, 4.69) is 25.4 Å². The number of hydrogen-bond acceptors (Lipinski definition) is 7. The molecule has 3 aromatic rings. The first-order valence-electron chi connectivity index (χ1n) is 11.7. The van der Waals surface area contributed by atoms with Crippen LogP contribution in [0.2, 0.25) is 0 Å². The number of likely N-dealkylation sites (tertiary alicyclic amines) is 1. The number of aromatic amines is 1. The number of pyridine rings is 1. The third-order valence-electron chi connectivity index (χ3n) is 6.88. The summed E-state index contributed by atoms with van der Waals surface area (Å²) >= 11 is 0. The lowest BCUT2D eigenvalue weighted by Crippen LogP contribution is -2.46. The second-order valence-corrected chi connectivity index (χ2v) is 11.2. The molecule has 2 saturated heterocycles. The van der Waals surface area contributed by atoms with Gasteiger partial charge in [-0.1, -0.05) is 12.1 Å². The average molecular weight is 484 g/mol. The van der Waals surface area contributed by atoms with E-state index in [1.807, 2.05) is 0 Å². The van der Waals surface area contributed by atoms with Gasteiger partial charge >= 0.3 is 0 Å². The highest BCUT2D eigenvalue weighted by molar-refractivity contribution is 7.92. The van der Waals surface area contributed by atoms with Crippen molar-refractivity contribution in [3.63, 3.8) is 0 Å². The molecule has 2 aliphatic rings. The van der Waals surface area contributed by atoms with Crippen molar-refractivity contribution in [1.29, 1.82) is 0 Å². The normalized spacial score (nSPS) is 18.8. The molecule has 2 aromatic heterocycles. The molecule has 0 saturated carbocycles. The zero-order chi connectivity index (χ0) is 23.5. The van der Waals surface area contributed by atoms with Gasteiger partial charge in [0.05, 0.1) is 21.9 Å². The van der Waals surface area contributed by atoms with Gasteiger partial charge in [-0.2, -0.15) is 5.10 Å². The fourth-order valence-corrected chi connectivity index (χ4v) is 6.57. The Morgan fingerprint density at radius 1 is 1.09 bits per heavy atom. The second-order valence-electron chi connectivity index (χ2n) is 8.98. The molecule has 2 aliphatic heterocycles. The van der Waals surface area contributed by atoms with E-state index in [9.17, 15) is 13.2 Å². The topological polar surface area (TPSA) is 117 Å². The quantitative estimate of drug-likeness (QED) is 0.552. The molecule has 0 aliphatic carbocycles. The molecule has 1 aromatic carbocycles. The van der Waals surface area contributed by atoms with Gasteiger partial charge in [0.25, 0.3) is 5.91 Å². The lowest BCUT2D eigenvalue weighted by Gasteiger charge is -2.39. The van der Waals surface area contributed by atoms with Crippen LogP contribution in [0.25, 0.3) is 11.0 Å². The van der Waals surface area contributed by atoms with Gasteiger partial charge in [-0.25, -0.2) is 13.4 Å². The van der Waals surface area contributed by atoms with Gasteiger partial charge in [0, 0.05) is 37.4 Å². The summed E-state index contributed by atoms with van der Waals surface area (Å²) in [4.78, 5) is 19.4. The number of rotatable bonds is 6.